The second-order valence-corrected chi connectivity index (χ2v) is 7.53. The number of alkyl halides is 3. The Bertz CT molecular complexity index is 421. The van der Waals surface area contributed by atoms with Gasteiger partial charge in [0, 0.05) is 19.6 Å². The highest BCUT2D eigenvalue weighted by molar-refractivity contribution is 5.82. The van der Waals surface area contributed by atoms with Crippen molar-refractivity contribution in [3.63, 3.8) is 0 Å². The fourth-order valence-electron chi connectivity index (χ4n) is 4.26. The lowest BCUT2D eigenvalue weighted by molar-refractivity contribution is -0.185. The highest BCUT2D eigenvalue weighted by atomic mass is 19.4. The Kier molecular flexibility index (Phi) is 5.70. The van der Waals surface area contributed by atoms with Gasteiger partial charge in [-0.05, 0) is 64.1 Å². The molecule has 1 N–H and O–H groups in total. The van der Waals surface area contributed by atoms with E-state index in [1.165, 1.54) is 0 Å². The molecule has 3 rings (SSSR count). The van der Waals surface area contributed by atoms with E-state index in [4.69, 9.17) is 0 Å². The summed E-state index contributed by atoms with van der Waals surface area (Å²) in [6, 6.07) is 0.00273. The Labute approximate surface area is 141 Å². The fraction of sp³-hybridized carbons (Fsp3) is 0.941. The van der Waals surface area contributed by atoms with Gasteiger partial charge in [0.25, 0.3) is 0 Å². The quantitative estimate of drug-likeness (QED) is 0.851. The minimum atomic E-state index is -4.04. The van der Waals surface area contributed by atoms with E-state index in [-0.39, 0.29) is 24.8 Å². The molecule has 7 heteroatoms. The standard InChI is InChI=1S/C17H28F3N3O/c18-17(19,20)14-5-8-22(9-6-14)12-13-3-10-23(11-4-13)16(24)15-2-1-7-21-15/h13-15,21H,1-12H2/t15-/m0/s1. The van der Waals surface area contributed by atoms with E-state index < -0.39 is 12.1 Å². The van der Waals surface area contributed by atoms with Crippen molar-refractivity contribution in [2.45, 2.75) is 50.7 Å². The van der Waals surface area contributed by atoms with Crippen molar-refractivity contribution in [3.8, 4) is 0 Å². The maximum atomic E-state index is 12.7. The van der Waals surface area contributed by atoms with E-state index in [1.54, 1.807) is 0 Å². The van der Waals surface area contributed by atoms with Gasteiger partial charge in [-0.1, -0.05) is 0 Å². The number of likely N-dealkylation sites (tertiary alicyclic amines) is 2. The van der Waals surface area contributed by atoms with Gasteiger partial charge in [-0.2, -0.15) is 13.2 Å². The van der Waals surface area contributed by atoms with Crippen LogP contribution in [0.2, 0.25) is 0 Å². The number of nitrogens with one attached hydrogen (secondary N) is 1. The highest BCUT2D eigenvalue weighted by Crippen LogP contribution is 2.34. The van der Waals surface area contributed by atoms with Crippen LogP contribution in [0.5, 0.6) is 0 Å². The van der Waals surface area contributed by atoms with Crippen molar-refractivity contribution in [1.29, 1.82) is 0 Å². The van der Waals surface area contributed by atoms with Crippen molar-refractivity contribution >= 4 is 5.91 Å². The largest absolute Gasteiger partial charge is 0.391 e. The zero-order valence-corrected chi connectivity index (χ0v) is 14.2. The van der Waals surface area contributed by atoms with E-state index >= 15 is 0 Å². The van der Waals surface area contributed by atoms with Crippen molar-refractivity contribution in [3.05, 3.63) is 0 Å². The molecule has 0 bridgehead atoms. The number of amides is 1. The van der Waals surface area contributed by atoms with Crippen LogP contribution in [-0.4, -0.2) is 67.2 Å². The molecule has 1 atom stereocenters. The molecule has 4 nitrogen and oxygen atoms in total. The number of nitrogens with zero attached hydrogens (tertiary/aromatic N) is 2. The smallest absolute Gasteiger partial charge is 0.341 e. The Morgan fingerprint density at radius 2 is 1.67 bits per heavy atom. The lowest BCUT2D eigenvalue weighted by atomic mass is 9.92. The summed E-state index contributed by atoms with van der Waals surface area (Å²) >= 11 is 0. The molecule has 0 unspecified atom stereocenters. The van der Waals surface area contributed by atoms with Gasteiger partial charge in [0.15, 0.2) is 0 Å². The van der Waals surface area contributed by atoms with Crippen LogP contribution >= 0.6 is 0 Å². The lowest BCUT2D eigenvalue weighted by Gasteiger charge is -2.38. The third-order valence-electron chi connectivity index (χ3n) is 5.85. The molecular weight excluding hydrogens is 319 g/mol. The van der Waals surface area contributed by atoms with Crippen LogP contribution in [-0.2, 0) is 4.79 Å². The monoisotopic (exact) mass is 347 g/mol. The number of rotatable bonds is 3. The van der Waals surface area contributed by atoms with Gasteiger partial charge in [0.05, 0.1) is 12.0 Å². The van der Waals surface area contributed by atoms with Gasteiger partial charge in [-0.25, -0.2) is 0 Å². The van der Waals surface area contributed by atoms with Crippen LogP contribution < -0.4 is 5.32 Å². The van der Waals surface area contributed by atoms with Gasteiger partial charge in [-0.15, -0.1) is 0 Å². The summed E-state index contributed by atoms with van der Waals surface area (Å²) < 4.78 is 38.1. The van der Waals surface area contributed by atoms with E-state index in [0.29, 0.717) is 19.0 Å². The number of halogens is 3. The molecule has 138 valence electrons. The SMILES string of the molecule is O=C([C@@H]1CCCN1)N1CCC(CN2CCC(C(F)(F)F)CC2)CC1. The summed E-state index contributed by atoms with van der Waals surface area (Å²) in [6.45, 7) is 4.50. The molecule has 3 aliphatic rings. The maximum absolute atomic E-state index is 12.7. The summed E-state index contributed by atoms with van der Waals surface area (Å²) in [5.41, 5.74) is 0. The first kappa shape index (κ1) is 18.0. The molecule has 1 amide bonds. The lowest BCUT2D eigenvalue weighted by Crippen LogP contribution is -2.48. The second-order valence-electron chi connectivity index (χ2n) is 7.53. The molecule has 0 aliphatic carbocycles. The van der Waals surface area contributed by atoms with E-state index in [9.17, 15) is 18.0 Å². The summed E-state index contributed by atoms with van der Waals surface area (Å²) in [7, 11) is 0. The topological polar surface area (TPSA) is 35.6 Å². The predicted octanol–water partition coefficient (Wildman–Crippen LogP) is 2.25. The molecule has 3 saturated heterocycles. The van der Waals surface area contributed by atoms with Crippen LogP contribution in [0.15, 0.2) is 0 Å². The van der Waals surface area contributed by atoms with Gasteiger partial charge in [0.2, 0.25) is 5.91 Å². The summed E-state index contributed by atoms with van der Waals surface area (Å²) in [5.74, 6) is -0.378. The summed E-state index contributed by atoms with van der Waals surface area (Å²) in [4.78, 5) is 16.5. The second kappa shape index (κ2) is 7.60. The van der Waals surface area contributed by atoms with Crippen LogP contribution in [0.25, 0.3) is 0 Å². The van der Waals surface area contributed by atoms with Gasteiger partial charge >= 0.3 is 6.18 Å². The number of piperidine rings is 2. The number of carbonyl (C=O) groups excluding carboxylic acids is 1. The van der Waals surface area contributed by atoms with E-state index in [2.05, 4.69) is 10.2 Å². The van der Waals surface area contributed by atoms with Gasteiger partial charge in [-0.3, -0.25) is 4.79 Å². The molecule has 0 saturated carbocycles. The number of carbonyl (C=O) groups is 1. The number of hydrogen-bond acceptors (Lipinski definition) is 3. The van der Waals surface area contributed by atoms with Crippen LogP contribution in [0, 0.1) is 11.8 Å². The highest BCUT2D eigenvalue weighted by Gasteiger charge is 2.41. The zero-order valence-electron chi connectivity index (χ0n) is 14.2. The van der Waals surface area contributed by atoms with Crippen molar-refractivity contribution in [2.75, 3.05) is 39.3 Å². The first-order chi connectivity index (χ1) is 11.4. The Morgan fingerprint density at radius 3 is 2.21 bits per heavy atom. The van der Waals surface area contributed by atoms with E-state index in [1.807, 2.05) is 4.90 Å². The molecule has 0 aromatic rings. The minimum Gasteiger partial charge on any atom is -0.341 e. The molecule has 0 aromatic carbocycles. The van der Waals surface area contributed by atoms with Crippen molar-refractivity contribution in [1.82, 2.24) is 15.1 Å². The fourth-order valence-corrected chi connectivity index (χ4v) is 4.26. The molecule has 3 fully saturated rings. The average molecular weight is 347 g/mol. The first-order valence-electron chi connectivity index (χ1n) is 9.24. The minimum absolute atomic E-state index is 0.00273. The molecule has 0 aromatic heterocycles. The molecular formula is C17H28F3N3O. The third kappa shape index (κ3) is 4.42. The van der Waals surface area contributed by atoms with Crippen molar-refractivity contribution in [2.24, 2.45) is 11.8 Å². The Hall–Kier alpha value is -0.820. The third-order valence-corrected chi connectivity index (χ3v) is 5.85. The first-order valence-corrected chi connectivity index (χ1v) is 9.24. The van der Waals surface area contributed by atoms with Crippen LogP contribution in [0.3, 0.4) is 0 Å². The van der Waals surface area contributed by atoms with Gasteiger partial charge in [0.1, 0.15) is 0 Å². The molecule has 24 heavy (non-hydrogen) atoms. The summed E-state index contributed by atoms with van der Waals surface area (Å²) in [5, 5.41) is 3.26. The summed E-state index contributed by atoms with van der Waals surface area (Å²) in [6.07, 6.45) is 0.372. The van der Waals surface area contributed by atoms with Crippen molar-refractivity contribution < 1.29 is 18.0 Å². The molecule has 3 heterocycles. The molecule has 3 aliphatic heterocycles. The molecule has 0 radical (unpaired) electrons. The van der Waals surface area contributed by atoms with Crippen LogP contribution in [0.4, 0.5) is 13.2 Å². The predicted molar refractivity (Wildman–Crippen MR) is 85.5 cm³/mol. The molecule has 0 spiro atoms. The Balaban J connectivity index is 1.38. The zero-order chi connectivity index (χ0) is 17.2. The van der Waals surface area contributed by atoms with E-state index in [0.717, 1.165) is 51.9 Å². The van der Waals surface area contributed by atoms with Gasteiger partial charge < -0.3 is 15.1 Å². The Morgan fingerprint density at radius 1 is 1.00 bits per heavy atom. The van der Waals surface area contributed by atoms with Crippen LogP contribution in [0.1, 0.15) is 38.5 Å². The maximum Gasteiger partial charge on any atom is 0.391 e. The average Bonchev–Trinajstić information content (AvgIpc) is 3.09. The normalized spacial score (nSPS) is 28.5. The number of hydrogen-bond donors (Lipinski definition) is 1.